The lowest BCUT2D eigenvalue weighted by Crippen LogP contribution is -2.56. The standard InChI is InChI=1S/C21H25N5O3/c1-24-6-7-29-19(13-24)21(28)26-12-15-8-16(26)11-25(15)20(27)18-5-3-2-4-17(18)14-9-22-23-10-14/h2-5,9-10,15-16,19H,6-8,11-13H2,1H3,(H,22,23)/t15-,16-,19?/m0/s1. The fourth-order valence-corrected chi connectivity index (χ4v) is 4.77. The molecule has 5 rings (SSSR count). The number of rotatable bonds is 3. The molecule has 1 N–H and O–H groups in total. The second-order valence-corrected chi connectivity index (χ2v) is 8.15. The van der Waals surface area contributed by atoms with Gasteiger partial charge in [0.1, 0.15) is 6.10 Å². The second kappa shape index (κ2) is 7.27. The number of ether oxygens (including phenoxy) is 1. The summed E-state index contributed by atoms with van der Waals surface area (Å²) in [6.07, 6.45) is 3.97. The van der Waals surface area contributed by atoms with Crippen molar-refractivity contribution in [2.75, 3.05) is 39.8 Å². The molecule has 29 heavy (non-hydrogen) atoms. The summed E-state index contributed by atoms with van der Waals surface area (Å²) in [5.74, 6) is 0.0880. The molecule has 3 fully saturated rings. The van der Waals surface area contributed by atoms with Gasteiger partial charge in [0.25, 0.3) is 11.8 Å². The van der Waals surface area contributed by atoms with Gasteiger partial charge in [-0.15, -0.1) is 0 Å². The van der Waals surface area contributed by atoms with Crippen molar-refractivity contribution in [2.24, 2.45) is 0 Å². The summed E-state index contributed by atoms with van der Waals surface area (Å²) in [4.78, 5) is 32.3. The lowest BCUT2D eigenvalue weighted by molar-refractivity contribution is -0.150. The molecule has 152 valence electrons. The molecular weight excluding hydrogens is 370 g/mol. The van der Waals surface area contributed by atoms with Gasteiger partial charge < -0.3 is 19.4 Å². The molecule has 8 heteroatoms. The molecule has 2 aromatic rings. The van der Waals surface area contributed by atoms with Crippen molar-refractivity contribution in [3.05, 3.63) is 42.2 Å². The number of amides is 2. The first kappa shape index (κ1) is 18.3. The molecule has 2 amide bonds. The zero-order chi connectivity index (χ0) is 20.0. The summed E-state index contributed by atoms with van der Waals surface area (Å²) in [6, 6.07) is 7.77. The number of likely N-dealkylation sites (tertiary alicyclic amines) is 2. The molecule has 3 atom stereocenters. The highest BCUT2D eigenvalue weighted by Crippen LogP contribution is 2.34. The molecule has 2 bridgehead atoms. The van der Waals surface area contributed by atoms with Crippen molar-refractivity contribution in [3.8, 4) is 11.1 Å². The van der Waals surface area contributed by atoms with E-state index in [9.17, 15) is 9.59 Å². The summed E-state index contributed by atoms with van der Waals surface area (Å²) >= 11 is 0. The van der Waals surface area contributed by atoms with Gasteiger partial charge in [0.15, 0.2) is 0 Å². The largest absolute Gasteiger partial charge is 0.366 e. The number of carbonyl (C=O) groups excluding carboxylic acids is 2. The van der Waals surface area contributed by atoms with E-state index in [2.05, 4.69) is 15.1 Å². The van der Waals surface area contributed by atoms with Crippen LogP contribution in [0.5, 0.6) is 0 Å². The molecule has 3 saturated heterocycles. The fourth-order valence-electron chi connectivity index (χ4n) is 4.77. The first-order valence-electron chi connectivity index (χ1n) is 10.1. The van der Waals surface area contributed by atoms with E-state index < -0.39 is 0 Å². The second-order valence-electron chi connectivity index (χ2n) is 8.15. The zero-order valence-corrected chi connectivity index (χ0v) is 16.5. The number of fused-ring (bicyclic) bond motifs is 2. The third-order valence-corrected chi connectivity index (χ3v) is 6.30. The topological polar surface area (TPSA) is 81.8 Å². The number of H-pyrrole nitrogens is 1. The lowest BCUT2D eigenvalue weighted by atomic mass is 10.0. The van der Waals surface area contributed by atoms with Crippen molar-refractivity contribution >= 4 is 11.8 Å². The monoisotopic (exact) mass is 395 g/mol. The summed E-state index contributed by atoms with van der Waals surface area (Å²) in [6.45, 7) is 3.25. The SMILES string of the molecule is CN1CCOC(C(=O)N2C[C@@H]3C[C@H]2CN3C(=O)c2ccccc2-c2cn[nH]c2)C1. The van der Waals surface area contributed by atoms with Crippen LogP contribution in [0.15, 0.2) is 36.7 Å². The highest BCUT2D eigenvalue weighted by atomic mass is 16.5. The van der Waals surface area contributed by atoms with Gasteiger partial charge in [-0.05, 0) is 25.1 Å². The van der Waals surface area contributed by atoms with Gasteiger partial charge in [-0.2, -0.15) is 5.10 Å². The van der Waals surface area contributed by atoms with Crippen molar-refractivity contribution in [1.82, 2.24) is 24.9 Å². The number of nitrogens with one attached hydrogen (secondary N) is 1. The van der Waals surface area contributed by atoms with Crippen LogP contribution in [0.2, 0.25) is 0 Å². The number of benzene rings is 1. The van der Waals surface area contributed by atoms with Crippen molar-refractivity contribution in [1.29, 1.82) is 0 Å². The van der Waals surface area contributed by atoms with E-state index in [0.29, 0.717) is 31.8 Å². The molecule has 4 heterocycles. The van der Waals surface area contributed by atoms with Crippen LogP contribution in [0.1, 0.15) is 16.8 Å². The first-order chi connectivity index (χ1) is 14.1. The predicted octanol–water partition coefficient (Wildman–Crippen LogP) is 0.833. The van der Waals surface area contributed by atoms with Crippen LogP contribution in [0.3, 0.4) is 0 Å². The van der Waals surface area contributed by atoms with E-state index >= 15 is 0 Å². The van der Waals surface area contributed by atoms with E-state index in [1.807, 2.05) is 41.1 Å². The maximum absolute atomic E-state index is 13.3. The highest BCUT2D eigenvalue weighted by molar-refractivity contribution is 6.01. The molecule has 1 aromatic carbocycles. The van der Waals surface area contributed by atoms with Gasteiger partial charge in [-0.3, -0.25) is 14.7 Å². The number of hydrogen-bond donors (Lipinski definition) is 1. The van der Waals surface area contributed by atoms with Gasteiger partial charge in [0, 0.05) is 43.5 Å². The van der Waals surface area contributed by atoms with Crippen molar-refractivity contribution in [2.45, 2.75) is 24.6 Å². The Balaban J connectivity index is 1.30. The Morgan fingerprint density at radius 3 is 2.66 bits per heavy atom. The molecule has 0 saturated carbocycles. The number of aromatic amines is 1. The Kier molecular flexibility index (Phi) is 4.60. The average Bonchev–Trinajstić information content (AvgIpc) is 3.49. The van der Waals surface area contributed by atoms with Crippen LogP contribution >= 0.6 is 0 Å². The first-order valence-corrected chi connectivity index (χ1v) is 10.1. The number of aromatic nitrogens is 2. The number of nitrogens with zero attached hydrogens (tertiary/aromatic N) is 4. The van der Waals surface area contributed by atoms with Gasteiger partial charge in [-0.1, -0.05) is 18.2 Å². The molecule has 8 nitrogen and oxygen atoms in total. The molecular formula is C21H25N5O3. The minimum atomic E-state index is -0.390. The smallest absolute Gasteiger partial charge is 0.254 e. The maximum Gasteiger partial charge on any atom is 0.254 e. The number of likely N-dealkylation sites (N-methyl/N-ethyl adjacent to an activating group) is 1. The van der Waals surface area contributed by atoms with E-state index in [1.54, 1.807) is 12.4 Å². The van der Waals surface area contributed by atoms with Crippen LogP contribution in [0.4, 0.5) is 0 Å². The molecule has 1 unspecified atom stereocenters. The Morgan fingerprint density at radius 1 is 1.14 bits per heavy atom. The molecule has 0 radical (unpaired) electrons. The van der Waals surface area contributed by atoms with Crippen LogP contribution < -0.4 is 0 Å². The number of carbonyl (C=O) groups is 2. The van der Waals surface area contributed by atoms with Crippen molar-refractivity contribution < 1.29 is 14.3 Å². The fraction of sp³-hybridized carbons (Fsp3) is 0.476. The third-order valence-electron chi connectivity index (χ3n) is 6.30. The number of piperazine rings is 1. The zero-order valence-electron chi connectivity index (χ0n) is 16.5. The Labute approximate surface area is 169 Å². The lowest BCUT2D eigenvalue weighted by Gasteiger charge is -2.38. The van der Waals surface area contributed by atoms with Gasteiger partial charge in [-0.25, -0.2) is 0 Å². The molecule has 3 aliphatic rings. The van der Waals surface area contributed by atoms with Crippen molar-refractivity contribution in [3.63, 3.8) is 0 Å². The normalized spacial score (nSPS) is 26.9. The van der Waals surface area contributed by atoms with Crippen LogP contribution in [-0.2, 0) is 9.53 Å². The average molecular weight is 395 g/mol. The number of morpholine rings is 1. The van der Waals surface area contributed by atoms with Gasteiger partial charge >= 0.3 is 0 Å². The molecule has 1 aromatic heterocycles. The van der Waals surface area contributed by atoms with Crippen LogP contribution in [0.25, 0.3) is 11.1 Å². The summed E-state index contributed by atoms with van der Waals surface area (Å²) in [5, 5.41) is 6.81. The predicted molar refractivity (Wildman–Crippen MR) is 106 cm³/mol. The van der Waals surface area contributed by atoms with Gasteiger partial charge in [0.05, 0.1) is 24.9 Å². The summed E-state index contributed by atoms with van der Waals surface area (Å²) < 4.78 is 5.71. The molecule has 3 aliphatic heterocycles. The summed E-state index contributed by atoms with van der Waals surface area (Å²) in [5.41, 5.74) is 2.45. The van der Waals surface area contributed by atoms with Gasteiger partial charge in [0.2, 0.25) is 0 Å². The minimum Gasteiger partial charge on any atom is -0.366 e. The van der Waals surface area contributed by atoms with Crippen LogP contribution in [-0.4, -0.2) is 94.7 Å². The Hall–Kier alpha value is -2.71. The van der Waals surface area contributed by atoms with E-state index in [0.717, 1.165) is 24.1 Å². The van der Waals surface area contributed by atoms with E-state index in [4.69, 9.17) is 4.74 Å². The van der Waals surface area contributed by atoms with Crippen LogP contribution in [0, 0.1) is 0 Å². The third kappa shape index (κ3) is 3.22. The van der Waals surface area contributed by atoms with E-state index in [1.165, 1.54) is 0 Å². The molecule has 0 aliphatic carbocycles. The molecule has 0 spiro atoms. The maximum atomic E-state index is 13.3. The number of hydrogen-bond acceptors (Lipinski definition) is 5. The Bertz CT molecular complexity index is 915. The quantitative estimate of drug-likeness (QED) is 0.833. The summed E-state index contributed by atoms with van der Waals surface area (Å²) in [7, 11) is 2.01. The Morgan fingerprint density at radius 2 is 1.93 bits per heavy atom. The minimum absolute atomic E-state index is 0.0232. The van der Waals surface area contributed by atoms with E-state index in [-0.39, 0.29) is 30.0 Å². The highest BCUT2D eigenvalue weighted by Gasteiger charge is 2.48.